The maximum absolute atomic E-state index is 11.6. The molecule has 0 heterocycles. The number of amides is 1. The van der Waals surface area contributed by atoms with Crippen molar-refractivity contribution in [1.29, 1.82) is 0 Å². The number of rotatable bonds is 6. The number of halogens is 1. The van der Waals surface area contributed by atoms with Gasteiger partial charge in [0.05, 0.1) is 0 Å². The molecule has 1 fully saturated rings. The molecule has 0 bridgehead atoms. The van der Waals surface area contributed by atoms with Crippen LogP contribution < -0.4 is 15.4 Å². The summed E-state index contributed by atoms with van der Waals surface area (Å²) in [6.07, 6.45) is 4.95. The van der Waals surface area contributed by atoms with E-state index in [1.54, 1.807) is 21.1 Å². The smallest absolute Gasteiger partial charge is 0.259 e. The van der Waals surface area contributed by atoms with E-state index in [9.17, 15) is 4.79 Å². The zero-order valence-corrected chi connectivity index (χ0v) is 19.2. The number of nitrogens with zero attached hydrogens (tertiary/aromatic N) is 2. The number of ether oxygens (including phenoxy) is 1. The SMILES string of the molecule is CN=C(NCc1cccc(OCC(=O)N(C)C)c1)NC1CCC(C)CC1.I. The Bertz CT molecular complexity index is 614. The highest BCUT2D eigenvalue weighted by molar-refractivity contribution is 14.0. The van der Waals surface area contributed by atoms with Crippen LogP contribution in [0.3, 0.4) is 0 Å². The molecule has 2 rings (SSSR count). The van der Waals surface area contributed by atoms with Crippen molar-refractivity contribution in [3.63, 3.8) is 0 Å². The Balaban J connectivity index is 0.00000364. The van der Waals surface area contributed by atoms with Crippen LogP contribution in [0, 0.1) is 5.92 Å². The molecule has 0 spiro atoms. The predicted octanol–water partition coefficient (Wildman–Crippen LogP) is 3.02. The molecule has 27 heavy (non-hydrogen) atoms. The molecule has 0 saturated heterocycles. The third-order valence-electron chi connectivity index (χ3n) is 4.80. The zero-order chi connectivity index (χ0) is 18.9. The minimum absolute atomic E-state index is 0. The second kappa shape index (κ2) is 12.0. The van der Waals surface area contributed by atoms with E-state index in [0.717, 1.165) is 17.4 Å². The molecule has 0 unspecified atom stereocenters. The summed E-state index contributed by atoms with van der Waals surface area (Å²) >= 11 is 0. The van der Waals surface area contributed by atoms with Gasteiger partial charge in [0.1, 0.15) is 5.75 Å². The lowest BCUT2D eigenvalue weighted by Gasteiger charge is -2.28. The Morgan fingerprint density at radius 1 is 1.26 bits per heavy atom. The van der Waals surface area contributed by atoms with Gasteiger partial charge in [-0.05, 0) is 49.3 Å². The molecule has 152 valence electrons. The van der Waals surface area contributed by atoms with E-state index < -0.39 is 0 Å². The Morgan fingerprint density at radius 2 is 1.96 bits per heavy atom. The number of benzene rings is 1. The van der Waals surface area contributed by atoms with Crippen molar-refractivity contribution >= 4 is 35.8 Å². The first kappa shape index (κ1) is 23.5. The normalized spacial score (nSPS) is 19.6. The number of likely N-dealkylation sites (N-methyl/N-ethyl adjacent to an activating group) is 1. The monoisotopic (exact) mass is 488 g/mol. The summed E-state index contributed by atoms with van der Waals surface area (Å²) in [5, 5.41) is 6.88. The number of aliphatic imine (C=N–C) groups is 1. The summed E-state index contributed by atoms with van der Waals surface area (Å²) in [4.78, 5) is 17.5. The first-order valence-corrected chi connectivity index (χ1v) is 9.37. The highest BCUT2D eigenvalue weighted by Crippen LogP contribution is 2.23. The van der Waals surface area contributed by atoms with E-state index >= 15 is 0 Å². The minimum atomic E-state index is -0.0556. The van der Waals surface area contributed by atoms with Gasteiger partial charge in [-0.2, -0.15) is 0 Å². The van der Waals surface area contributed by atoms with Crippen molar-refractivity contribution in [2.75, 3.05) is 27.7 Å². The second-order valence-corrected chi connectivity index (χ2v) is 7.25. The fourth-order valence-electron chi connectivity index (χ4n) is 3.00. The molecule has 1 aliphatic rings. The third kappa shape index (κ3) is 8.36. The highest BCUT2D eigenvalue weighted by atomic mass is 127. The number of hydrogen-bond acceptors (Lipinski definition) is 3. The van der Waals surface area contributed by atoms with Gasteiger partial charge in [-0.1, -0.05) is 19.1 Å². The molecule has 0 atom stereocenters. The van der Waals surface area contributed by atoms with E-state index in [-0.39, 0.29) is 36.5 Å². The van der Waals surface area contributed by atoms with Gasteiger partial charge in [-0.3, -0.25) is 9.79 Å². The van der Waals surface area contributed by atoms with Gasteiger partial charge in [-0.25, -0.2) is 0 Å². The Labute approximate surface area is 180 Å². The fraction of sp³-hybridized carbons (Fsp3) is 0.600. The van der Waals surface area contributed by atoms with Gasteiger partial charge in [0.25, 0.3) is 5.91 Å². The van der Waals surface area contributed by atoms with Gasteiger partial charge in [0, 0.05) is 33.7 Å². The summed E-state index contributed by atoms with van der Waals surface area (Å²) in [6, 6.07) is 8.28. The summed E-state index contributed by atoms with van der Waals surface area (Å²) < 4.78 is 5.57. The van der Waals surface area contributed by atoms with Crippen molar-refractivity contribution in [3.8, 4) is 5.75 Å². The van der Waals surface area contributed by atoms with Crippen molar-refractivity contribution in [1.82, 2.24) is 15.5 Å². The molecule has 0 aromatic heterocycles. The number of nitrogens with one attached hydrogen (secondary N) is 2. The zero-order valence-electron chi connectivity index (χ0n) is 16.8. The van der Waals surface area contributed by atoms with Gasteiger partial charge in [0.15, 0.2) is 12.6 Å². The largest absolute Gasteiger partial charge is 0.484 e. The summed E-state index contributed by atoms with van der Waals surface area (Å²) in [5.41, 5.74) is 1.08. The summed E-state index contributed by atoms with van der Waals surface area (Å²) in [6.45, 7) is 3.03. The topological polar surface area (TPSA) is 66.0 Å². The standard InChI is InChI=1S/C20H32N4O2.HI/c1-15-8-10-17(11-9-15)23-20(21-2)22-13-16-6-5-7-18(12-16)26-14-19(25)24(3)4;/h5-7,12,15,17H,8-11,13-14H2,1-4H3,(H2,21,22,23);1H. The summed E-state index contributed by atoms with van der Waals surface area (Å²) in [7, 11) is 5.24. The minimum Gasteiger partial charge on any atom is -0.484 e. The molecular weight excluding hydrogens is 455 g/mol. The Hall–Kier alpha value is -1.51. The Morgan fingerprint density at radius 3 is 2.59 bits per heavy atom. The molecule has 6 nitrogen and oxygen atoms in total. The van der Waals surface area contributed by atoms with Crippen LogP contribution in [0.4, 0.5) is 0 Å². The highest BCUT2D eigenvalue weighted by Gasteiger charge is 2.18. The van der Waals surface area contributed by atoms with E-state index in [0.29, 0.717) is 18.3 Å². The molecule has 1 amide bonds. The van der Waals surface area contributed by atoms with Crippen molar-refractivity contribution in [2.45, 2.75) is 45.2 Å². The number of carbonyl (C=O) groups excluding carboxylic acids is 1. The van der Waals surface area contributed by atoms with Crippen LogP contribution in [0.25, 0.3) is 0 Å². The number of hydrogen-bond donors (Lipinski definition) is 2. The average molecular weight is 488 g/mol. The number of carbonyl (C=O) groups is 1. The van der Waals surface area contributed by atoms with E-state index in [4.69, 9.17) is 4.74 Å². The van der Waals surface area contributed by atoms with E-state index in [1.807, 2.05) is 24.3 Å². The van der Waals surface area contributed by atoms with Gasteiger partial charge < -0.3 is 20.3 Å². The molecule has 0 aliphatic heterocycles. The molecule has 2 N–H and O–H groups in total. The molecule has 1 aliphatic carbocycles. The lowest BCUT2D eigenvalue weighted by molar-refractivity contribution is -0.130. The molecule has 1 saturated carbocycles. The van der Waals surface area contributed by atoms with Crippen molar-refractivity contribution in [2.24, 2.45) is 10.9 Å². The van der Waals surface area contributed by atoms with Crippen LogP contribution in [0.15, 0.2) is 29.3 Å². The molecule has 1 aromatic carbocycles. The van der Waals surface area contributed by atoms with Crippen LogP contribution in [-0.2, 0) is 11.3 Å². The third-order valence-corrected chi connectivity index (χ3v) is 4.80. The van der Waals surface area contributed by atoms with Gasteiger partial charge in [-0.15, -0.1) is 24.0 Å². The van der Waals surface area contributed by atoms with E-state index in [1.165, 1.54) is 30.6 Å². The molecular formula is C20H33IN4O2. The molecule has 7 heteroatoms. The number of guanidine groups is 1. The second-order valence-electron chi connectivity index (χ2n) is 7.25. The lowest BCUT2D eigenvalue weighted by atomic mass is 9.87. The molecule has 1 aromatic rings. The maximum atomic E-state index is 11.6. The van der Waals surface area contributed by atoms with Crippen LogP contribution in [0.5, 0.6) is 5.75 Å². The van der Waals surface area contributed by atoms with Crippen LogP contribution >= 0.6 is 24.0 Å². The van der Waals surface area contributed by atoms with Crippen molar-refractivity contribution in [3.05, 3.63) is 29.8 Å². The quantitative estimate of drug-likeness (QED) is 0.367. The van der Waals surface area contributed by atoms with Crippen molar-refractivity contribution < 1.29 is 9.53 Å². The predicted molar refractivity (Wildman–Crippen MR) is 121 cm³/mol. The summed E-state index contributed by atoms with van der Waals surface area (Å²) in [5.74, 6) is 2.31. The van der Waals surface area contributed by atoms with Crippen LogP contribution in [0.2, 0.25) is 0 Å². The lowest BCUT2D eigenvalue weighted by Crippen LogP contribution is -2.44. The average Bonchev–Trinajstić information content (AvgIpc) is 2.65. The maximum Gasteiger partial charge on any atom is 0.259 e. The Kier molecular flexibility index (Phi) is 10.5. The molecule has 0 radical (unpaired) electrons. The van der Waals surface area contributed by atoms with Gasteiger partial charge in [0.2, 0.25) is 0 Å². The van der Waals surface area contributed by atoms with Crippen LogP contribution in [0.1, 0.15) is 38.2 Å². The fourth-order valence-corrected chi connectivity index (χ4v) is 3.00. The van der Waals surface area contributed by atoms with E-state index in [2.05, 4.69) is 22.5 Å². The van der Waals surface area contributed by atoms with Crippen LogP contribution in [-0.4, -0.2) is 50.6 Å². The first-order chi connectivity index (χ1) is 12.5. The first-order valence-electron chi connectivity index (χ1n) is 9.37. The van der Waals surface area contributed by atoms with Gasteiger partial charge >= 0.3 is 0 Å².